The van der Waals surface area contributed by atoms with Crippen LogP contribution in [0.1, 0.15) is 11.1 Å². The Labute approximate surface area is 155 Å². The van der Waals surface area contributed by atoms with Gasteiger partial charge in [0.1, 0.15) is 0 Å². The second-order valence-corrected chi connectivity index (χ2v) is 5.03. The molecule has 2 N–H and O–H groups in total. The second-order valence-electron chi connectivity index (χ2n) is 5.03. The van der Waals surface area contributed by atoms with Crippen LogP contribution >= 0.6 is 24.0 Å². The number of nitrogens with one attached hydrogen (secondary N) is 2. The van der Waals surface area contributed by atoms with E-state index >= 15 is 0 Å². The molecule has 6 heteroatoms. The van der Waals surface area contributed by atoms with Gasteiger partial charge in [-0.3, -0.25) is 4.99 Å². The third-order valence-electron chi connectivity index (χ3n) is 3.31. The average Bonchev–Trinajstić information content (AvgIpc) is 3.05. The topological polar surface area (TPSA) is 50.6 Å². The van der Waals surface area contributed by atoms with E-state index in [0.717, 1.165) is 25.6 Å². The minimum Gasteiger partial charge on any atom is -0.380 e. The predicted molar refractivity (Wildman–Crippen MR) is 105 cm³/mol. The average molecular weight is 428 g/mol. The minimum absolute atomic E-state index is 0. The third-order valence-corrected chi connectivity index (χ3v) is 3.31. The predicted octanol–water partition coefficient (Wildman–Crippen LogP) is 2.62. The second kappa shape index (κ2) is 11.1. The Morgan fingerprint density at radius 1 is 1.13 bits per heavy atom. The summed E-state index contributed by atoms with van der Waals surface area (Å²) in [7, 11) is 3.49. The van der Waals surface area contributed by atoms with Crippen molar-refractivity contribution in [2.24, 2.45) is 4.99 Å². The molecule has 0 aliphatic rings. The van der Waals surface area contributed by atoms with Crippen molar-refractivity contribution in [3.63, 3.8) is 0 Å². The molecule has 0 saturated carbocycles. The van der Waals surface area contributed by atoms with Gasteiger partial charge in [-0.1, -0.05) is 24.3 Å². The number of guanidine groups is 1. The number of rotatable bonds is 7. The smallest absolute Gasteiger partial charge is 0.191 e. The van der Waals surface area contributed by atoms with Crippen molar-refractivity contribution in [2.75, 3.05) is 20.7 Å². The van der Waals surface area contributed by atoms with Crippen LogP contribution in [0.4, 0.5) is 0 Å². The van der Waals surface area contributed by atoms with E-state index in [1.54, 1.807) is 14.2 Å². The number of aliphatic imine (C=N–C) groups is 1. The highest BCUT2D eigenvalue weighted by Crippen LogP contribution is 2.06. The van der Waals surface area contributed by atoms with E-state index in [2.05, 4.69) is 50.8 Å². The summed E-state index contributed by atoms with van der Waals surface area (Å²) in [5, 5.41) is 6.64. The number of nitrogens with zero attached hydrogens (tertiary/aromatic N) is 2. The highest BCUT2D eigenvalue weighted by molar-refractivity contribution is 14.0. The molecule has 0 radical (unpaired) electrons. The van der Waals surface area contributed by atoms with Crippen LogP contribution in [0.2, 0.25) is 0 Å². The Bertz CT molecular complexity index is 584. The van der Waals surface area contributed by atoms with E-state index in [0.29, 0.717) is 6.61 Å². The number of methoxy groups -OCH3 is 1. The molecule has 0 aliphatic heterocycles. The lowest BCUT2D eigenvalue weighted by molar-refractivity contribution is 0.185. The summed E-state index contributed by atoms with van der Waals surface area (Å²) < 4.78 is 7.29. The summed E-state index contributed by atoms with van der Waals surface area (Å²) in [6.07, 6.45) is 4.11. The van der Waals surface area contributed by atoms with E-state index in [4.69, 9.17) is 4.74 Å². The SMILES string of the molecule is CN=C(NCCn1cccc1)NCc1cccc(COC)c1.I. The first-order valence-electron chi connectivity index (χ1n) is 7.44. The molecule has 0 unspecified atom stereocenters. The molecule has 5 nitrogen and oxygen atoms in total. The fourth-order valence-electron chi connectivity index (χ4n) is 2.23. The van der Waals surface area contributed by atoms with Crippen molar-refractivity contribution in [3.8, 4) is 0 Å². The zero-order valence-corrected chi connectivity index (χ0v) is 16.0. The summed E-state index contributed by atoms with van der Waals surface area (Å²) in [6.45, 7) is 3.12. The summed E-state index contributed by atoms with van der Waals surface area (Å²) in [4.78, 5) is 4.24. The van der Waals surface area contributed by atoms with Gasteiger partial charge in [0.15, 0.2) is 5.96 Å². The Balaban J connectivity index is 0.00000264. The van der Waals surface area contributed by atoms with Crippen molar-refractivity contribution >= 4 is 29.9 Å². The van der Waals surface area contributed by atoms with Gasteiger partial charge in [-0.15, -0.1) is 24.0 Å². The number of hydrogen-bond acceptors (Lipinski definition) is 2. The molecular weight excluding hydrogens is 403 g/mol. The van der Waals surface area contributed by atoms with Gasteiger partial charge in [-0.25, -0.2) is 0 Å². The molecule has 126 valence electrons. The standard InChI is InChI=1S/C17H24N4O.HI/c1-18-17(19-8-11-21-9-3-4-10-21)20-13-15-6-5-7-16(12-15)14-22-2;/h3-7,9-10,12H,8,11,13-14H2,1-2H3,(H2,18,19,20);1H. The third kappa shape index (κ3) is 7.04. The largest absolute Gasteiger partial charge is 0.380 e. The van der Waals surface area contributed by atoms with Gasteiger partial charge in [-0.05, 0) is 23.3 Å². The summed E-state index contributed by atoms with van der Waals surface area (Å²) in [5.41, 5.74) is 2.39. The monoisotopic (exact) mass is 428 g/mol. The first kappa shape index (κ1) is 19.5. The molecule has 1 heterocycles. The molecule has 0 bridgehead atoms. The maximum atomic E-state index is 5.16. The normalized spacial score (nSPS) is 11.0. The summed E-state index contributed by atoms with van der Waals surface area (Å²) in [5.74, 6) is 0.810. The Morgan fingerprint density at radius 3 is 2.57 bits per heavy atom. The molecule has 23 heavy (non-hydrogen) atoms. The van der Waals surface area contributed by atoms with Crippen molar-refractivity contribution in [1.29, 1.82) is 0 Å². The lowest BCUT2D eigenvalue weighted by Crippen LogP contribution is -2.38. The van der Waals surface area contributed by atoms with Crippen molar-refractivity contribution < 1.29 is 4.74 Å². The highest BCUT2D eigenvalue weighted by atomic mass is 127. The molecule has 0 spiro atoms. The van der Waals surface area contributed by atoms with Gasteiger partial charge in [0.05, 0.1) is 6.61 Å². The highest BCUT2D eigenvalue weighted by Gasteiger charge is 1.99. The molecule has 1 aromatic carbocycles. The van der Waals surface area contributed by atoms with Gasteiger partial charge < -0.3 is 19.9 Å². The maximum Gasteiger partial charge on any atom is 0.191 e. The number of aromatic nitrogens is 1. The van der Waals surface area contributed by atoms with Crippen LogP contribution in [-0.4, -0.2) is 31.2 Å². The van der Waals surface area contributed by atoms with Crippen LogP contribution in [0.3, 0.4) is 0 Å². The Hall–Kier alpha value is -1.54. The number of hydrogen-bond donors (Lipinski definition) is 2. The van der Waals surface area contributed by atoms with E-state index < -0.39 is 0 Å². The van der Waals surface area contributed by atoms with E-state index in [-0.39, 0.29) is 24.0 Å². The molecular formula is C17H25IN4O. The van der Waals surface area contributed by atoms with E-state index in [9.17, 15) is 0 Å². The van der Waals surface area contributed by atoms with Crippen LogP contribution in [0.25, 0.3) is 0 Å². The zero-order valence-electron chi connectivity index (χ0n) is 13.7. The fourth-order valence-corrected chi connectivity index (χ4v) is 2.23. The van der Waals surface area contributed by atoms with Gasteiger partial charge in [0, 0.05) is 46.2 Å². The van der Waals surface area contributed by atoms with E-state index in [1.807, 2.05) is 18.2 Å². The van der Waals surface area contributed by atoms with Crippen LogP contribution in [-0.2, 0) is 24.4 Å². The Kier molecular flexibility index (Phi) is 9.39. The molecule has 0 aliphatic carbocycles. The van der Waals surface area contributed by atoms with Gasteiger partial charge in [0.25, 0.3) is 0 Å². The van der Waals surface area contributed by atoms with Crippen molar-refractivity contribution in [1.82, 2.24) is 15.2 Å². The van der Waals surface area contributed by atoms with E-state index in [1.165, 1.54) is 11.1 Å². The van der Waals surface area contributed by atoms with Gasteiger partial charge in [-0.2, -0.15) is 0 Å². The first-order valence-corrected chi connectivity index (χ1v) is 7.44. The van der Waals surface area contributed by atoms with Crippen LogP contribution in [0.15, 0.2) is 53.8 Å². The quantitative estimate of drug-likeness (QED) is 0.405. The number of benzene rings is 1. The van der Waals surface area contributed by atoms with Crippen molar-refractivity contribution in [2.45, 2.75) is 19.7 Å². The lowest BCUT2D eigenvalue weighted by Gasteiger charge is -2.13. The lowest BCUT2D eigenvalue weighted by atomic mass is 10.1. The number of ether oxygens (including phenoxy) is 1. The Morgan fingerprint density at radius 2 is 1.87 bits per heavy atom. The summed E-state index contributed by atoms with van der Waals surface area (Å²) in [6, 6.07) is 12.4. The summed E-state index contributed by atoms with van der Waals surface area (Å²) >= 11 is 0. The minimum atomic E-state index is 0. The fraction of sp³-hybridized carbons (Fsp3) is 0.353. The molecule has 2 aromatic rings. The van der Waals surface area contributed by atoms with Crippen molar-refractivity contribution in [3.05, 3.63) is 59.9 Å². The molecule has 1 aromatic heterocycles. The van der Waals surface area contributed by atoms with Gasteiger partial charge in [0.2, 0.25) is 0 Å². The molecule has 0 saturated heterocycles. The molecule has 0 atom stereocenters. The van der Waals surface area contributed by atoms with Gasteiger partial charge >= 0.3 is 0 Å². The molecule has 2 rings (SSSR count). The van der Waals surface area contributed by atoms with Crippen LogP contribution < -0.4 is 10.6 Å². The molecule has 0 amide bonds. The van der Waals surface area contributed by atoms with Crippen LogP contribution in [0, 0.1) is 0 Å². The number of halogens is 1. The first-order chi connectivity index (χ1) is 10.8. The molecule has 0 fully saturated rings. The maximum absolute atomic E-state index is 5.16. The zero-order chi connectivity index (χ0) is 15.6. The van der Waals surface area contributed by atoms with Crippen LogP contribution in [0.5, 0.6) is 0 Å².